The van der Waals surface area contributed by atoms with Crippen molar-refractivity contribution in [2.45, 2.75) is 12.8 Å². The van der Waals surface area contributed by atoms with E-state index in [1.165, 1.54) is 25.9 Å². The van der Waals surface area contributed by atoms with Gasteiger partial charge in [-0.05, 0) is 54.8 Å². The van der Waals surface area contributed by atoms with Crippen molar-refractivity contribution in [1.29, 1.82) is 0 Å². The fraction of sp³-hybridized carbons (Fsp3) is 0.636. The van der Waals surface area contributed by atoms with E-state index < -0.39 is 0 Å². The minimum absolute atomic E-state index is 0.484. The molecule has 0 bridgehead atoms. The number of hydrogen-bond acceptors (Lipinski definition) is 5. The largest absolute Gasteiger partial charge is 0.383 e. The summed E-state index contributed by atoms with van der Waals surface area (Å²) in [5.41, 5.74) is 5.66. The van der Waals surface area contributed by atoms with Crippen LogP contribution in [0.5, 0.6) is 0 Å². The second-order valence-corrected chi connectivity index (χ2v) is 5.38. The summed E-state index contributed by atoms with van der Waals surface area (Å²) in [7, 11) is 2.17. The molecule has 94 valence electrons. The van der Waals surface area contributed by atoms with E-state index in [1.807, 2.05) is 0 Å². The molecule has 0 amide bonds. The van der Waals surface area contributed by atoms with Gasteiger partial charge in [0, 0.05) is 12.6 Å². The number of halogens is 1. The number of nitrogens with two attached hydrogens (primary N) is 1. The number of piperidine rings is 1. The van der Waals surface area contributed by atoms with Crippen LogP contribution in [0.25, 0.3) is 0 Å². The Bertz CT molecular complexity index is 356. The zero-order valence-corrected chi connectivity index (χ0v) is 11.6. The van der Waals surface area contributed by atoms with Crippen LogP contribution in [0.1, 0.15) is 12.8 Å². The number of aromatic nitrogens is 2. The van der Waals surface area contributed by atoms with Crippen molar-refractivity contribution in [1.82, 2.24) is 14.9 Å². The molecule has 2 rings (SSSR count). The van der Waals surface area contributed by atoms with Gasteiger partial charge >= 0.3 is 0 Å². The Hall–Kier alpha value is -0.880. The highest BCUT2D eigenvalue weighted by atomic mass is 79.9. The number of nitrogen functional groups attached to an aromatic ring is 1. The summed E-state index contributed by atoms with van der Waals surface area (Å²) in [5.74, 6) is 1.79. The molecular formula is C11H18BrN5. The van der Waals surface area contributed by atoms with E-state index in [-0.39, 0.29) is 0 Å². The van der Waals surface area contributed by atoms with E-state index in [2.05, 4.69) is 43.2 Å². The highest BCUT2D eigenvalue weighted by Crippen LogP contribution is 2.17. The molecule has 6 heteroatoms. The molecule has 0 unspecified atom stereocenters. The highest BCUT2D eigenvalue weighted by molar-refractivity contribution is 9.10. The van der Waals surface area contributed by atoms with Gasteiger partial charge in [0.25, 0.3) is 0 Å². The molecular weight excluding hydrogens is 282 g/mol. The van der Waals surface area contributed by atoms with Gasteiger partial charge in [0.15, 0.2) is 0 Å². The van der Waals surface area contributed by atoms with Crippen LogP contribution in [0, 0.1) is 5.92 Å². The number of anilines is 2. The summed E-state index contributed by atoms with van der Waals surface area (Å²) in [6.07, 6.45) is 2.46. The zero-order chi connectivity index (χ0) is 12.3. The van der Waals surface area contributed by atoms with Gasteiger partial charge in [-0.1, -0.05) is 0 Å². The molecule has 1 aliphatic heterocycles. The van der Waals surface area contributed by atoms with Gasteiger partial charge in [-0.2, -0.15) is 4.98 Å². The number of nitrogens with zero attached hydrogens (tertiary/aromatic N) is 3. The van der Waals surface area contributed by atoms with Crippen LogP contribution in [-0.2, 0) is 0 Å². The smallest absolute Gasteiger partial charge is 0.225 e. The topological polar surface area (TPSA) is 67.1 Å². The Balaban J connectivity index is 1.85. The molecule has 0 radical (unpaired) electrons. The predicted molar refractivity (Wildman–Crippen MR) is 72.9 cm³/mol. The summed E-state index contributed by atoms with van der Waals surface area (Å²) in [6.45, 7) is 3.27. The van der Waals surface area contributed by atoms with Crippen molar-refractivity contribution < 1.29 is 0 Å². The van der Waals surface area contributed by atoms with Crippen molar-refractivity contribution in [3.63, 3.8) is 0 Å². The fourth-order valence-corrected chi connectivity index (χ4v) is 2.42. The SMILES string of the molecule is CN1CCC(CNc2nc(N)cc(Br)n2)CC1. The molecule has 1 aromatic heterocycles. The molecule has 17 heavy (non-hydrogen) atoms. The van der Waals surface area contributed by atoms with Gasteiger partial charge in [0.1, 0.15) is 10.4 Å². The minimum atomic E-state index is 0.484. The predicted octanol–water partition coefficient (Wildman–Crippen LogP) is 1.57. The Labute approximate surface area is 110 Å². The van der Waals surface area contributed by atoms with Gasteiger partial charge in [-0.25, -0.2) is 4.98 Å². The van der Waals surface area contributed by atoms with Crippen LogP contribution in [0.2, 0.25) is 0 Å². The monoisotopic (exact) mass is 299 g/mol. The summed E-state index contributed by atoms with van der Waals surface area (Å²) < 4.78 is 0.718. The van der Waals surface area contributed by atoms with Gasteiger partial charge in [-0.3, -0.25) is 0 Å². The maximum atomic E-state index is 5.66. The van der Waals surface area contributed by atoms with Crippen LogP contribution >= 0.6 is 15.9 Å². The Kier molecular flexibility index (Phi) is 4.17. The lowest BCUT2D eigenvalue weighted by Crippen LogP contribution is -2.33. The lowest BCUT2D eigenvalue weighted by atomic mass is 9.97. The van der Waals surface area contributed by atoms with Crippen molar-refractivity contribution in [2.75, 3.05) is 37.7 Å². The zero-order valence-electron chi connectivity index (χ0n) is 9.99. The van der Waals surface area contributed by atoms with Crippen LogP contribution in [0.15, 0.2) is 10.7 Å². The maximum absolute atomic E-state index is 5.66. The first-order chi connectivity index (χ1) is 8.13. The normalized spacial score (nSPS) is 18.2. The third kappa shape index (κ3) is 3.81. The number of rotatable bonds is 3. The van der Waals surface area contributed by atoms with Crippen LogP contribution in [-0.4, -0.2) is 41.5 Å². The number of likely N-dealkylation sites (tertiary alicyclic amines) is 1. The first-order valence-corrected chi connectivity index (χ1v) is 6.65. The van der Waals surface area contributed by atoms with Gasteiger partial charge < -0.3 is 16.0 Å². The molecule has 1 fully saturated rings. The standard InChI is InChI=1S/C11H18BrN5/c1-17-4-2-8(3-5-17)7-14-11-15-9(12)6-10(13)16-11/h6,8H,2-5,7H2,1H3,(H3,13,14,15,16). The molecule has 0 aromatic carbocycles. The first kappa shape index (κ1) is 12.6. The van der Waals surface area contributed by atoms with E-state index in [9.17, 15) is 0 Å². The molecule has 2 heterocycles. The molecule has 1 aromatic rings. The average Bonchev–Trinajstić information content (AvgIpc) is 2.27. The molecule has 0 atom stereocenters. The third-order valence-electron chi connectivity index (χ3n) is 3.10. The summed E-state index contributed by atoms with van der Waals surface area (Å²) >= 11 is 3.31. The fourth-order valence-electron chi connectivity index (χ4n) is 2.02. The minimum Gasteiger partial charge on any atom is -0.383 e. The van der Waals surface area contributed by atoms with Crippen molar-refractivity contribution in [2.24, 2.45) is 5.92 Å². The number of hydrogen-bond donors (Lipinski definition) is 2. The Morgan fingerprint density at radius 2 is 2.18 bits per heavy atom. The average molecular weight is 300 g/mol. The van der Waals surface area contributed by atoms with E-state index in [1.54, 1.807) is 6.07 Å². The van der Waals surface area contributed by atoms with Gasteiger partial charge in [0.05, 0.1) is 0 Å². The molecule has 5 nitrogen and oxygen atoms in total. The summed E-state index contributed by atoms with van der Waals surface area (Å²) in [4.78, 5) is 10.8. The highest BCUT2D eigenvalue weighted by Gasteiger charge is 2.16. The Morgan fingerprint density at radius 1 is 1.47 bits per heavy atom. The van der Waals surface area contributed by atoms with Crippen LogP contribution in [0.3, 0.4) is 0 Å². The lowest BCUT2D eigenvalue weighted by Gasteiger charge is -2.28. The lowest BCUT2D eigenvalue weighted by molar-refractivity contribution is 0.226. The second-order valence-electron chi connectivity index (χ2n) is 4.57. The van der Waals surface area contributed by atoms with E-state index in [0.717, 1.165) is 11.1 Å². The number of nitrogens with one attached hydrogen (secondary N) is 1. The molecule has 1 saturated heterocycles. The maximum Gasteiger partial charge on any atom is 0.225 e. The van der Waals surface area contributed by atoms with Crippen molar-refractivity contribution in [3.05, 3.63) is 10.7 Å². The molecule has 0 spiro atoms. The van der Waals surface area contributed by atoms with Crippen molar-refractivity contribution in [3.8, 4) is 0 Å². The quantitative estimate of drug-likeness (QED) is 0.830. The van der Waals surface area contributed by atoms with Gasteiger partial charge in [-0.15, -0.1) is 0 Å². The van der Waals surface area contributed by atoms with Gasteiger partial charge in [0.2, 0.25) is 5.95 Å². The second kappa shape index (κ2) is 5.64. The van der Waals surface area contributed by atoms with Crippen LogP contribution < -0.4 is 11.1 Å². The molecule has 0 saturated carbocycles. The Morgan fingerprint density at radius 3 is 2.82 bits per heavy atom. The third-order valence-corrected chi connectivity index (χ3v) is 3.51. The summed E-state index contributed by atoms with van der Waals surface area (Å²) in [5, 5.41) is 3.26. The molecule has 1 aliphatic rings. The van der Waals surface area contributed by atoms with Crippen LogP contribution in [0.4, 0.5) is 11.8 Å². The van der Waals surface area contributed by atoms with E-state index in [4.69, 9.17) is 5.73 Å². The molecule has 3 N–H and O–H groups in total. The first-order valence-electron chi connectivity index (χ1n) is 5.86. The summed E-state index contributed by atoms with van der Waals surface area (Å²) in [6, 6.07) is 1.70. The molecule has 0 aliphatic carbocycles. The van der Waals surface area contributed by atoms with E-state index >= 15 is 0 Å². The van der Waals surface area contributed by atoms with Crippen molar-refractivity contribution >= 4 is 27.7 Å². The van der Waals surface area contributed by atoms with E-state index in [0.29, 0.717) is 17.7 Å².